The molecule has 214 valence electrons. The van der Waals surface area contributed by atoms with Crippen molar-refractivity contribution < 1.29 is 19.8 Å². The number of nitrogens with zero attached hydrogens (tertiary/aromatic N) is 2. The summed E-state index contributed by atoms with van der Waals surface area (Å²) in [6, 6.07) is 1.68. The molecule has 3 aliphatic heterocycles. The molecule has 10 heteroatoms. The number of benzene rings is 1. The third-order valence-corrected chi connectivity index (χ3v) is 11.6. The number of aromatic hydroxyl groups is 1. The van der Waals surface area contributed by atoms with E-state index in [4.69, 9.17) is 23.2 Å². The van der Waals surface area contributed by atoms with Gasteiger partial charge in [-0.05, 0) is 55.7 Å². The van der Waals surface area contributed by atoms with Crippen LogP contribution in [0.5, 0.6) is 5.75 Å². The van der Waals surface area contributed by atoms with Gasteiger partial charge in [0.05, 0.1) is 27.7 Å². The number of carbonyl (C=O) groups is 2. The lowest BCUT2D eigenvalue weighted by atomic mass is 9.34. The molecule has 2 aromatic rings. The summed E-state index contributed by atoms with van der Waals surface area (Å²) in [7, 11) is 0. The van der Waals surface area contributed by atoms with Crippen LogP contribution in [-0.2, 0) is 9.59 Å². The summed E-state index contributed by atoms with van der Waals surface area (Å²) in [5.41, 5.74) is 5.04. The fourth-order valence-electron chi connectivity index (χ4n) is 9.01. The lowest BCUT2D eigenvalue weighted by Crippen LogP contribution is -2.72. The highest BCUT2D eigenvalue weighted by Crippen LogP contribution is 2.75. The molecule has 1 aromatic heterocycles. The number of anilines is 1. The van der Waals surface area contributed by atoms with Crippen LogP contribution >= 0.6 is 23.2 Å². The Morgan fingerprint density at radius 1 is 1.05 bits per heavy atom. The molecule has 4 heterocycles. The number of phenolic OH excluding ortho intramolecular Hbond substituents is 1. The Balaban J connectivity index is 1.06. The fraction of sp³-hybridized carbons (Fsp3) is 0.484. The number of alkyl halides is 2. The van der Waals surface area contributed by atoms with Gasteiger partial charge in [-0.15, -0.1) is 23.2 Å². The van der Waals surface area contributed by atoms with Crippen LogP contribution in [0.4, 0.5) is 5.69 Å². The molecule has 0 spiro atoms. The minimum atomic E-state index is -0.568. The van der Waals surface area contributed by atoms with Gasteiger partial charge in [-0.25, -0.2) is 0 Å². The van der Waals surface area contributed by atoms with Gasteiger partial charge in [0.1, 0.15) is 11.5 Å². The Morgan fingerprint density at radius 2 is 1.76 bits per heavy atom. The van der Waals surface area contributed by atoms with E-state index in [0.717, 1.165) is 39.2 Å². The summed E-state index contributed by atoms with van der Waals surface area (Å²) < 4.78 is 0. The summed E-state index contributed by atoms with van der Waals surface area (Å²) in [5, 5.41) is 25.7. The molecule has 4 N–H and O–H groups in total. The Hall–Kier alpha value is -3.10. The number of aryl methyl sites for hydroxylation is 1. The molecule has 0 radical (unpaired) electrons. The van der Waals surface area contributed by atoms with E-state index >= 15 is 0 Å². The molecule has 4 fully saturated rings. The van der Waals surface area contributed by atoms with Crippen molar-refractivity contribution in [1.29, 1.82) is 0 Å². The van der Waals surface area contributed by atoms with Crippen molar-refractivity contribution in [3.05, 3.63) is 58.4 Å². The van der Waals surface area contributed by atoms with E-state index in [-0.39, 0.29) is 47.0 Å². The van der Waals surface area contributed by atoms with Crippen LogP contribution < -0.4 is 10.2 Å². The van der Waals surface area contributed by atoms with Crippen molar-refractivity contribution in [2.24, 2.45) is 28.6 Å². The number of likely N-dealkylation sites (tertiary alicyclic amines) is 1. The summed E-state index contributed by atoms with van der Waals surface area (Å²) in [6.45, 7) is 5.02. The molecule has 7 aliphatic rings. The van der Waals surface area contributed by atoms with Crippen molar-refractivity contribution in [3.8, 4) is 5.75 Å². The number of aromatic amines is 1. The van der Waals surface area contributed by atoms with E-state index in [9.17, 15) is 19.8 Å². The van der Waals surface area contributed by atoms with Gasteiger partial charge in [-0.2, -0.15) is 0 Å². The predicted molar refractivity (Wildman–Crippen MR) is 157 cm³/mol. The lowest BCUT2D eigenvalue weighted by molar-refractivity contribution is -0.212. The third kappa shape index (κ3) is 3.07. The number of amides is 2. The Bertz CT molecular complexity index is 1650. The highest BCUT2D eigenvalue weighted by Gasteiger charge is 2.76. The fourth-order valence-corrected chi connectivity index (χ4v) is 9.55. The number of hydrogen-bond acceptors (Lipinski definition) is 5. The number of halogens is 2. The van der Waals surface area contributed by atoms with Crippen LogP contribution in [-0.4, -0.2) is 56.8 Å². The van der Waals surface area contributed by atoms with Crippen molar-refractivity contribution in [3.63, 3.8) is 0 Å². The number of nitrogens with one attached hydrogen (secondary N) is 2. The predicted octanol–water partition coefficient (Wildman–Crippen LogP) is 5.12. The van der Waals surface area contributed by atoms with E-state index in [2.05, 4.69) is 10.3 Å². The van der Waals surface area contributed by atoms with Gasteiger partial charge < -0.3 is 30.3 Å². The van der Waals surface area contributed by atoms with Gasteiger partial charge in [0, 0.05) is 78.2 Å². The number of carbonyl (C=O) groups excluding carboxylic acids is 2. The molecule has 3 saturated carbocycles. The number of phenols is 1. The highest BCUT2D eigenvalue weighted by atomic mass is 35.5. The molecule has 9 rings (SSSR count). The standard InChI is InChI=1S/C31H32Cl2N4O4/c1-14-7-34-26-20(38)3-18-24(22(14)26)16(5-32)9-36(18)28(40)30-11-31(12-30,13-30)29(41)37-10-17(6-33)25-19(37)4-21(39)27-23(25)15(2)8-35-27/h3-4,7-8,16-17,22,24,34-35,38-39H,5-6,9-13H2,1-2H3/t16-,17-,22?,24?,30?,31?/m1/s1. The number of hydrogen-bond donors (Lipinski definition) is 4. The summed E-state index contributed by atoms with van der Waals surface area (Å²) in [5.74, 6) is 1.23. The number of allylic oxidation sites excluding steroid dienone is 3. The average molecular weight is 596 g/mol. The van der Waals surface area contributed by atoms with E-state index in [0.29, 0.717) is 49.6 Å². The normalized spacial score (nSPS) is 34.4. The second-order valence-electron chi connectivity index (χ2n) is 13.1. The molecule has 2 bridgehead atoms. The number of aromatic nitrogens is 1. The average Bonchev–Trinajstić information content (AvgIpc) is 3.65. The lowest BCUT2D eigenvalue weighted by Gasteiger charge is -2.69. The second kappa shape index (κ2) is 8.26. The monoisotopic (exact) mass is 594 g/mol. The number of rotatable bonds is 4. The Kier molecular flexibility index (Phi) is 5.15. The molecule has 1 aromatic carbocycles. The van der Waals surface area contributed by atoms with Gasteiger partial charge in [-0.1, -0.05) is 0 Å². The first-order valence-electron chi connectivity index (χ1n) is 14.3. The van der Waals surface area contributed by atoms with Crippen LogP contribution in [0.2, 0.25) is 0 Å². The van der Waals surface area contributed by atoms with Crippen LogP contribution in [0.1, 0.15) is 43.2 Å². The van der Waals surface area contributed by atoms with Gasteiger partial charge in [0.25, 0.3) is 0 Å². The minimum Gasteiger partial charge on any atom is -0.506 e. The summed E-state index contributed by atoms with van der Waals surface area (Å²) >= 11 is 12.8. The number of aliphatic hydroxyl groups is 1. The summed E-state index contributed by atoms with van der Waals surface area (Å²) in [6.07, 6.45) is 7.08. The second-order valence-corrected chi connectivity index (χ2v) is 13.8. The van der Waals surface area contributed by atoms with E-state index < -0.39 is 10.8 Å². The first kappa shape index (κ1) is 25.6. The van der Waals surface area contributed by atoms with Crippen LogP contribution in [0.25, 0.3) is 10.9 Å². The molecule has 2 unspecified atom stereocenters. The first-order chi connectivity index (χ1) is 19.6. The molecule has 2 amide bonds. The largest absolute Gasteiger partial charge is 0.506 e. The highest BCUT2D eigenvalue weighted by molar-refractivity contribution is 6.19. The molecule has 4 aliphatic carbocycles. The zero-order chi connectivity index (χ0) is 28.6. The maximum Gasteiger partial charge on any atom is 0.233 e. The van der Waals surface area contributed by atoms with Crippen LogP contribution in [0, 0.1) is 35.5 Å². The van der Waals surface area contributed by atoms with E-state index in [1.165, 1.54) is 0 Å². The van der Waals surface area contributed by atoms with Crippen molar-refractivity contribution in [2.45, 2.75) is 39.0 Å². The zero-order valence-corrected chi connectivity index (χ0v) is 24.4. The van der Waals surface area contributed by atoms with Gasteiger partial charge in [-0.3, -0.25) is 9.59 Å². The zero-order valence-electron chi connectivity index (χ0n) is 22.9. The molecule has 1 saturated heterocycles. The molecular formula is C31H32Cl2N4O4. The molecule has 4 atom stereocenters. The van der Waals surface area contributed by atoms with Crippen LogP contribution in [0.3, 0.4) is 0 Å². The quantitative estimate of drug-likeness (QED) is 0.367. The smallest absolute Gasteiger partial charge is 0.233 e. The van der Waals surface area contributed by atoms with Gasteiger partial charge in [0.2, 0.25) is 11.8 Å². The molecule has 41 heavy (non-hydrogen) atoms. The maximum atomic E-state index is 14.1. The van der Waals surface area contributed by atoms with E-state index in [1.807, 2.05) is 31.1 Å². The Labute approximate surface area is 247 Å². The van der Waals surface area contributed by atoms with Crippen molar-refractivity contribution in [1.82, 2.24) is 15.2 Å². The van der Waals surface area contributed by atoms with Gasteiger partial charge in [0.15, 0.2) is 0 Å². The van der Waals surface area contributed by atoms with Gasteiger partial charge >= 0.3 is 0 Å². The Morgan fingerprint density at radius 3 is 2.44 bits per heavy atom. The number of fused-ring (bicyclic) bond motifs is 6. The number of aliphatic hydroxyl groups excluding tert-OH is 1. The minimum absolute atomic E-state index is 0.00541. The summed E-state index contributed by atoms with van der Waals surface area (Å²) in [4.78, 5) is 35.0. The van der Waals surface area contributed by atoms with Crippen molar-refractivity contribution in [2.75, 3.05) is 29.7 Å². The van der Waals surface area contributed by atoms with Crippen LogP contribution in [0.15, 0.2) is 47.3 Å². The number of H-pyrrole nitrogens is 1. The van der Waals surface area contributed by atoms with E-state index in [1.54, 1.807) is 17.0 Å². The molecule has 8 nitrogen and oxygen atoms in total. The topological polar surface area (TPSA) is 109 Å². The SMILES string of the molecule is CC1=CNC2=C(O)C=C3C(C12)[C@H](CCl)CN3C(=O)C12CC(C(=O)N3C[C@@H](CCl)c4c3cc(O)c3[nH]cc(C)c43)(C1)C2. The molecular weight excluding hydrogens is 563 g/mol. The third-order valence-electron chi connectivity index (χ3n) is 10.8. The van der Waals surface area contributed by atoms with Crippen molar-refractivity contribution >= 4 is 51.6 Å². The maximum absolute atomic E-state index is 14.1. The first-order valence-corrected chi connectivity index (χ1v) is 15.4.